The highest BCUT2D eigenvalue weighted by molar-refractivity contribution is 6.04. The molecule has 2 aromatic rings. The summed E-state index contributed by atoms with van der Waals surface area (Å²) in [5.41, 5.74) is 5.30. The Bertz CT molecular complexity index is 1070. The van der Waals surface area contributed by atoms with Crippen LogP contribution in [-0.2, 0) is 9.59 Å². The number of carbonyl (C=O) groups excluding carboxylic acids is 2. The number of hydrogen-bond acceptors (Lipinski definition) is 5. The topological polar surface area (TPSA) is 65.5 Å². The molecule has 7 heteroatoms. The quantitative estimate of drug-likeness (QED) is 0.705. The molecule has 2 aliphatic rings. The van der Waals surface area contributed by atoms with E-state index in [1.165, 1.54) is 5.56 Å². The molecule has 4 rings (SSSR count). The maximum Gasteiger partial charge on any atom is 0.257 e. The molecule has 174 valence electrons. The van der Waals surface area contributed by atoms with Crippen LogP contribution in [-0.4, -0.2) is 72.2 Å². The summed E-state index contributed by atoms with van der Waals surface area (Å²) in [6, 6.07) is 13.9. The molecule has 0 bridgehead atoms. The van der Waals surface area contributed by atoms with Crippen LogP contribution in [0.3, 0.4) is 0 Å². The lowest BCUT2D eigenvalue weighted by Crippen LogP contribution is -2.50. The van der Waals surface area contributed by atoms with Gasteiger partial charge in [-0.25, -0.2) is 5.01 Å². The Morgan fingerprint density at radius 2 is 1.79 bits per heavy atom. The summed E-state index contributed by atoms with van der Waals surface area (Å²) in [7, 11) is 1.65. The number of rotatable bonds is 5. The van der Waals surface area contributed by atoms with Crippen LogP contribution in [0, 0.1) is 13.8 Å². The molecule has 2 aliphatic heterocycles. The average Bonchev–Trinajstić information content (AvgIpc) is 3.24. The monoisotopic (exact) mass is 448 g/mol. The first-order valence-corrected chi connectivity index (χ1v) is 11.5. The lowest BCUT2D eigenvalue weighted by Gasteiger charge is -2.34. The molecule has 33 heavy (non-hydrogen) atoms. The van der Waals surface area contributed by atoms with E-state index in [9.17, 15) is 9.59 Å². The molecule has 0 spiro atoms. The van der Waals surface area contributed by atoms with Crippen molar-refractivity contribution < 1.29 is 14.3 Å². The summed E-state index contributed by atoms with van der Waals surface area (Å²) in [4.78, 5) is 29.0. The fraction of sp³-hybridized carbons (Fsp3) is 0.423. The van der Waals surface area contributed by atoms with Crippen LogP contribution in [0.25, 0.3) is 0 Å². The van der Waals surface area contributed by atoms with Crippen LogP contribution >= 0.6 is 0 Å². The number of methoxy groups -OCH3 is 1. The second-order valence-corrected chi connectivity index (χ2v) is 8.85. The average molecular weight is 449 g/mol. The van der Waals surface area contributed by atoms with Gasteiger partial charge in [-0.3, -0.25) is 14.5 Å². The number of para-hydroxylation sites is 1. The number of hydrazone groups is 1. The van der Waals surface area contributed by atoms with Crippen molar-refractivity contribution in [2.24, 2.45) is 5.10 Å². The first-order chi connectivity index (χ1) is 15.9. The van der Waals surface area contributed by atoms with Gasteiger partial charge in [0.25, 0.3) is 5.91 Å². The number of amides is 2. The lowest BCUT2D eigenvalue weighted by molar-refractivity contribution is -0.135. The minimum atomic E-state index is -0.220. The fourth-order valence-electron chi connectivity index (χ4n) is 4.71. The Hall–Kier alpha value is -3.19. The molecule has 1 fully saturated rings. The largest absolute Gasteiger partial charge is 0.496 e. The molecule has 0 N–H and O–H groups in total. The zero-order chi connectivity index (χ0) is 23.5. The number of ether oxygens (including phenoxy) is 1. The predicted octanol–water partition coefficient (Wildman–Crippen LogP) is 3.15. The molecule has 2 amide bonds. The minimum absolute atomic E-state index is 0.0399. The van der Waals surface area contributed by atoms with Crippen molar-refractivity contribution in [3.8, 4) is 5.75 Å². The van der Waals surface area contributed by atoms with Crippen LogP contribution in [0.1, 0.15) is 41.6 Å². The van der Waals surface area contributed by atoms with Gasteiger partial charge in [-0.05, 0) is 25.5 Å². The number of carbonyl (C=O) groups is 2. The molecule has 0 aliphatic carbocycles. The number of hydrogen-bond donors (Lipinski definition) is 0. The van der Waals surface area contributed by atoms with E-state index in [0.29, 0.717) is 32.6 Å². The molecule has 0 saturated carbocycles. The summed E-state index contributed by atoms with van der Waals surface area (Å²) in [5, 5.41) is 6.49. The van der Waals surface area contributed by atoms with Crippen LogP contribution in [0.4, 0.5) is 0 Å². The number of piperazine rings is 1. The van der Waals surface area contributed by atoms with Gasteiger partial charge in [-0.2, -0.15) is 5.10 Å². The lowest BCUT2D eigenvalue weighted by atomic mass is 9.95. The summed E-state index contributed by atoms with van der Waals surface area (Å²) >= 11 is 0. The van der Waals surface area contributed by atoms with Gasteiger partial charge in [-0.1, -0.05) is 42.0 Å². The molecule has 1 atom stereocenters. The minimum Gasteiger partial charge on any atom is -0.496 e. The van der Waals surface area contributed by atoms with Gasteiger partial charge in [0.2, 0.25) is 5.91 Å². The van der Waals surface area contributed by atoms with E-state index in [1.54, 1.807) is 19.0 Å². The van der Waals surface area contributed by atoms with Crippen molar-refractivity contribution in [1.82, 2.24) is 14.8 Å². The zero-order valence-corrected chi connectivity index (χ0v) is 19.9. The first kappa shape index (κ1) is 23.0. The van der Waals surface area contributed by atoms with E-state index in [4.69, 9.17) is 9.84 Å². The summed E-state index contributed by atoms with van der Waals surface area (Å²) < 4.78 is 5.61. The molecule has 0 aromatic heterocycles. The van der Waals surface area contributed by atoms with Crippen molar-refractivity contribution in [3.63, 3.8) is 0 Å². The van der Waals surface area contributed by atoms with Gasteiger partial charge in [0.05, 0.1) is 25.4 Å². The summed E-state index contributed by atoms with van der Waals surface area (Å²) in [6.45, 7) is 8.70. The van der Waals surface area contributed by atoms with Gasteiger partial charge in [-0.15, -0.1) is 0 Å². The van der Waals surface area contributed by atoms with E-state index in [2.05, 4.69) is 36.9 Å². The molecule has 2 heterocycles. The summed E-state index contributed by atoms with van der Waals surface area (Å²) in [5.74, 6) is 0.800. The third-order valence-electron chi connectivity index (χ3n) is 6.53. The second kappa shape index (κ2) is 9.75. The maximum atomic E-state index is 13.5. The number of aryl methyl sites for hydroxylation is 2. The molecule has 0 radical (unpaired) electrons. The van der Waals surface area contributed by atoms with E-state index >= 15 is 0 Å². The number of benzene rings is 2. The molecule has 7 nitrogen and oxygen atoms in total. The van der Waals surface area contributed by atoms with Crippen LogP contribution in [0.2, 0.25) is 0 Å². The Morgan fingerprint density at radius 3 is 2.45 bits per heavy atom. The smallest absolute Gasteiger partial charge is 0.257 e. The Labute approximate surface area is 195 Å². The van der Waals surface area contributed by atoms with Crippen LogP contribution in [0.15, 0.2) is 47.6 Å². The molecule has 0 unspecified atom stereocenters. The van der Waals surface area contributed by atoms with E-state index in [0.717, 1.165) is 28.2 Å². The Morgan fingerprint density at radius 1 is 1.06 bits per heavy atom. The van der Waals surface area contributed by atoms with Gasteiger partial charge in [0.15, 0.2) is 0 Å². The van der Waals surface area contributed by atoms with Crippen LogP contribution in [0.5, 0.6) is 5.75 Å². The zero-order valence-electron chi connectivity index (χ0n) is 19.9. The Balaban J connectivity index is 1.60. The van der Waals surface area contributed by atoms with Gasteiger partial charge in [0, 0.05) is 50.7 Å². The molecule has 2 aromatic carbocycles. The predicted molar refractivity (Wildman–Crippen MR) is 128 cm³/mol. The third kappa shape index (κ3) is 4.93. The van der Waals surface area contributed by atoms with Crippen molar-refractivity contribution in [2.75, 3.05) is 39.8 Å². The highest BCUT2D eigenvalue weighted by Gasteiger charge is 2.36. The van der Waals surface area contributed by atoms with E-state index < -0.39 is 0 Å². The van der Waals surface area contributed by atoms with Crippen molar-refractivity contribution in [2.45, 2.75) is 33.2 Å². The van der Waals surface area contributed by atoms with Crippen molar-refractivity contribution in [3.05, 3.63) is 64.7 Å². The summed E-state index contributed by atoms with van der Waals surface area (Å²) in [6.07, 6.45) is 0.633. The third-order valence-corrected chi connectivity index (χ3v) is 6.53. The van der Waals surface area contributed by atoms with Gasteiger partial charge in [0.1, 0.15) is 5.75 Å². The molecular formula is C26H32N4O3. The second-order valence-electron chi connectivity index (χ2n) is 8.85. The van der Waals surface area contributed by atoms with Crippen molar-refractivity contribution in [1.29, 1.82) is 0 Å². The van der Waals surface area contributed by atoms with E-state index in [-0.39, 0.29) is 24.4 Å². The van der Waals surface area contributed by atoms with Crippen molar-refractivity contribution >= 4 is 17.5 Å². The first-order valence-electron chi connectivity index (χ1n) is 11.5. The normalized spacial score (nSPS) is 18.9. The highest BCUT2D eigenvalue weighted by Crippen LogP contribution is 2.38. The number of nitrogens with zero attached hydrogens (tertiary/aromatic N) is 4. The van der Waals surface area contributed by atoms with Gasteiger partial charge >= 0.3 is 0 Å². The molecular weight excluding hydrogens is 416 g/mol. The van der Waals surface area contributed by atoms with Crippen LogP contribution < -0.4 is 4.74 Å². The molecule has 1 saturated heterocycles. The van der Waals surface area contributed by atoms with E-state index in [1.807, 2.05) is 29.2 Å². The SMILES string of the molecule is COc1ccccc1[C@H]1CC(c2ccc(C)cc2C)=NN1C(=O)CN1CCN(C(C)=O)CC1. The fourth-order valence-corrected chi connectivity index (χ4v) is 4.71. The van der Waals surface area contributed by atoms with Gasteiger partial charge < -0.3 is 9.64 Å². The Kier molecular flexibility index (Phi) is 6.79. The highest BCUT2D eigenvalue weighted by atomic mass is 16.5. The standard InChI is InChI=1S/C26H32N4O3/c1-18-9-10-21(19(2)15-18)23-16-24(22-7-5-6-8-25(22)33-4)30(27-23)26(32)17-28-11-13-29(14-12-28)20(3)31/h5-10,15,24H,11-14,16-17H2,1-4H3/t24-/m1/s1. The maximum absolute atomic E-state index is 13.5.